The summed E-state index contributed by atoms with van der Waals surface area (Å²) in [4.78, 5) is 56.2. The summed E-state index contributed by atoms with van der Waals surface area (Å²) in [5.74, 6) is -1.26. The van der Waals surface area contributed by atoms with Gasteiger partial charge in [-0.25, -0.2) is 4.52 Å². The van der Waals surface area contributed by atoms with Gasteiger partial charge in [0, 0.05) is 39.8 Å². The maximum Gasteiger partial charge on any atom is 0.417 e. The van der Waals surface area contributed by atoms with Crippen LogP contribution in [0.3, 0.4) is 0 Å². The molecule has 51 heavy (non-hydrogen) atoms. The van der Waals surface area contributed by atoms with Gasteiger partial charge in [0.1, 0.15) is 11.7 Å². The maximum absolute atomic E-state index is 14.4. The molecule has 4 aromatic rings. The zero-order valence-electron chi connectivity index (χ0n) is 28.5. The number of nitrogens with two attached hydrogens (primary N) is 1. The van der Waals surface area contributed by atoms with Crippen molar-refractivity contribution < 1.29 is 32.3 Å². The van der Waals surface area contributed by atoms with Gasteiger partial charge in [0.2, 0.25) is 0 Å². The molecule has 2 aromatic heterocycles. The average molecular weight is 772 g/mol. The summed E-state index contributed by atoms with van der Waals surface area (Å²) in [7, 11) is 1.50. The quantitative estimate of drug-likeness (QED) is 0.179. The van der Waals surface area contributed by atoms with Gasteiger partial charge in [-0.3, -0.25) is 23.7 Å². The first-order chi connectivity index (χ1) is 24.1. The second-order valence-electron chi connectivity index (χ2n) is 13.7. The fourth-order valence-corrected chi connectivity index (χ4v) is 6.75. The lowest BCUT2D eigenvalue weighted by atomic mass is 9.97. The number of halogens is 4. The molecule has 2 atom stereocenters. The Hall–Kier alpha value is -4.50. The summed E-state index contributed by atoms with van der Waals surface area (Å²) in [5, 5.41) is 4.67. The van der Waals surface area contributed by atoms with E-state index in [0.29, 0.717) is 40.5 Å². The van der Waals surface area contributed by atoms with Crippen LogP contribution in [0, 0.1) is 11.8 Å². The molecule has 2 aromatic carbocycles. The van der Waals surface area contributed by atoms with Crippen LogP contribution in [0.4, 0.5) is 13.2 Å². The molecule has 0 radical (unpaired) electrons. The van der Waals surface area contributed by atoms with Crippen molar-refractivity contribution >= 4 is 39.4 Å². The Kier molecular flexibility index (Phi) is 9.90. The predicted octanol–water partition coefficient (Wildman–Crippen LogP) is 5.36. The molecule has 0 saturated heterocycles. The van der Waals surface area contributed by atoms with E-state index in [2.05, 4.69) is 21.0 Å². The van der Waals surface area contributed by atoms with Crippen molar-refractivity contribution in [3.8, 4) is 5.69 Å². The van der Waals surface area contributed by atoms with Crippen molar-refractivity contribution in [1.82, 2.24) is 24.0 Å². The monoisotopic (exact) mass is 770 g/mol. The van der Waals surface area contributed by atoms with Crippen LogP contribution in [0.1, 0.15) is 76.7 Å². The number of carbonyl (C=O) groups is 3. The van der Waals surface area contributed by atoms with Crippen LogP contribution < -0.4 is 11.3 Å². The Morgan fingerprint density at radius 1 is 1.10 bits per heavy atom. The summed E-state index contributed by atoms with van der Waals surface area (Å²) in [6.45, 7) is 5.03. The third kappa shape index (κ3) is 7.18. The number of esters is 1. The zero-order chi connectivity index (χ0) is 36.9. The number of carbonyl (C=O) groups excluding carboxylic acids is 3. The minimum Gasteiger partial charge on any atom is -0.443 e. The summed E-state index contributed by atoms with van der Waals surface area (Å²) in [6.07, 6.45) is 0.0253. The smallest absolute Gasteiger partial charge is 0.417 e. The Bertz CT molecular complexity index is 2070. The van der Waals surface area contributed by atoms with Gasteiger partial charge in [0.25, 0.3) is 17.4 Å². The van der Waals surface area contributed by atoms with Gasteiger partial charge < -0.3 is 20.3 Å². The number of rotatable bonds is 9. The van der Waals surface area contributed by atoms with Crippen molar-refractivity contribution in [2.45, 2.75) is 71.3 Å². The Morgan fingerprint density at radius 2 is 1.76 bits per heavy atom. The van der Waals surface area contributed by atoms with Crippen LogP contribution in [0.15, 0.2) is 57.9 Å². The number of amides is 2. The van der Waals surface area contributed by atoms with Crippen LogP contribution in [0.2, 0.25) is 0 Å². The summed E-state index contributed by atoms with van der Waals surface area (Å²) in [5.41, 5.74) is 7.59. The van der Waals surface area contributed by atoms with E-state index in [1.54, 1.807) is 60.3 Å². The first-order valence-electron chi connectivity index (χ1n) is 16.7. The molecule has 11 nitrogen and oxygen atoms in total. The Morgan fingerprint density at radius 3 is 2.39 bits per heavy atom. The Balaban J connectivity index is 1.33. The fourth-order valence-electron chi connectivity index (χ4n) is 6.28. The standard InChI is InChI=1S/C36H38BrF3N6O5/c1-19(2)30(41)35(50)51-18-43(4)32(47)22-7-10-25(11-8-22)45-31-24(14-21-5-6-21)16-42-46(31)29-17-44(20(3)13-26(29)34(45)49)33(48)23-9-12-28(37)27(15-23)36(38,39)40/h7-12,15-16,19-21,30H,5-6,13-14,17-18,41H2,1-4H3/t20-,30-/m1/s1. The van der Waals surface area contributed by atoms with Crippen molar-refractivity contribution in [3.05, 3.63) is 97.0 Å². The number of fused-ring (bicyclic) bond motifs is 3. The molecule has 270 valence electrons. The van der Waals surface area contributed by atoms with Gasteiger partial charge in [0.15, 0.2) is 6.73 Å². The van der Waals surface area contributed by atoms with Crippen molar-refractivity contribution in [2.75, 3.05) is 13.8 Å². The molecule has 1 saturated carbocycles. The molecule has 2 amide bonds. The van der Waals surface area contributed by atoms with Gasteiger partial charge in [-0.2, -0.15) is 18.3 Å². The van der Waals surface area contributed by atoms with Crippen LogP contribution in [-0.4, -0.2) is 67.6 Å². The van der Waals surface area contributed by atoms with E-state index in [4.69, 9.17) is 10.5 Å². The predicted molar refractivity (Wildman–Crippen MR) is 185 cm³/mol. The van der Waals surface area contributed by atoms with Gasteiger partial charge in [-0.15, -0.1) is 0 Å². The highest BCUT2D eigenvalue weighted by Gasteiger charge is 2.37. The van der Waals surface area contributed by atoms with Crippen molar-refractivity contribution in [1.29, 1.82) is 0 Å². The van der Waals surface area contributed by atoms with Gasteiger partial charge in [-0.05, 0) is 86.9 Å². The lowest BCUT2D eigenvalue weighted by molar-refractivity contribution is -0.149. The number of ether oxygens (including phenoxy) is 1. The minimum atomic E-state index is -4.66. The second-order valence-corrected chi connectivity index (χ2v) is 14.6. The fraction of sp³-hybridized carbons (Fsp3) is 0.417. The van der Waals surface area contributed by atoms with Crippen LogP contribution in [-0.2, 0) is 35.1 Å². The third-order valence-corrected chi connectivity index (χ3v) is 10.2. The highest BCUT2D eigenvalue weighted by molar-refractivity contribution is 9.10. The maximum atomic E-state index is 14.4. The zero-order valence-corrected chi connectivity index (χ0v) is 30.1. The average Bonchev–Trinajstić information content (AvgIpc) is 3.83. The van der Waals surface area contributed by atoms with Gasteiger partial charge in [0.05, 0.1) is 29.7 Å². The molecule has 0 unspecified atom stereocenters. The first-order valence-corrected chi connectivity index (χ1v) is 17.4. The van der Waals surface area contributed by atoms with Crippen molar-refractivity contribution in [2.24, 2.45) is 17.6 Å². The number of benzene rings is 2. The van der Waals surface area contributed by atoms with E-state index in [9.17, 15) is 32.3 Å². The van der Waals surface area contributed by atoms with Crippen LogP contribution in [0.25, 0.3) is 11.3 Å². The van der Waals surface area contributed by atoms with Crippen molar-refractivity contribution in [3.63, 3.8) is 0 Å². The number of hydrogen-bond donors (Lipinski definition) is 1. The highest BCUT2D eigenvalue weighted by atomic mass is 79.9. The molecule has 1 fully saturated rings. The molecule has 2 aliphatic rings. The Labute approximate surface area is 300 Å². The molecular weight excluding hydrogens is 733 g/mol. The molecule has 3 heterocycles. The molecule has 6 rings (SSSR count). The normalized spacial score (nSPS) is 16.7. The lowest BCUT2D eigenvalue weighted by Crippen LogP contribution is -2.46. The molecule has 0 bridgehead atoms. The molecule has 1 aliphatic heterocycles. The summed E-state index contributed by atoms with van der Waals surface area (Å²) < 4.78 is 49.3. The minimum absolute atomic E-state index is 0.0315. The SMILES string of the molecule is CC(C)[C@@H](N)C(=O)OCN(C)C(=O)c1ccc(-n2c(=O)c3c(n4ncc(CC5CC5)c24)CN(C(=O)c2ccc(Br)c(C(F)(F)F)c2)[C@H](C)C3)cc1. The number of alkyl halides is 3. The van der Waals surface area contributed by atoms with Crippen LogP contribution >= 0.6 is 15.9 Å². The van der Waals surface area contributed by atoms with E-state index in [0.717, 1.165) is 24.5 Å². The lowest BCUT2D eigenvalue weighted by Gasteiger charge is -2.35. The molecular formula is C36H38BrF3N6O5. The van der Waals surface area contributed by atoms with E-state index >= 15 is 0 Å². The van der Waals surface area contributed by atoms with E-state index in [1.807, 2.05) is 0 Å². The molecule has 2 N–H and O–H groups in total. The molecule has 15 heteroatoms. The first kappa shape index (κ1) is 36.3. The molecule has 0 spiro atoms. The number of aromatic nitrogens is 3. The molecule has 1 aliphatic carbocycles. The van der Waals surface area contributed by atoms with E-state index < -0.39 is 41.6 Å². The number of nitrogens with zero attached hydrogens (tertiary/aromatic N) is 5. The van der Waals surface area contributed by atoms with E-state index in [-0.39, 0.29) is 41.2 Å². The third-order valence-electron chi connectivity index (χ3n) is 9.54. The largest absolute Gasteiger partial charge is 0.443 e. The summed E-state index contributed by atoms with van der Waals surface area (Å²) in [6, 6.07) is 8.58. The van der Waals surface area contributed by atoms with Crippen LogP contribution in [0.5, 0.6) is 0 Å². The highest BCUT2D eigenvalue weighted by Crippen LogP contribution is 2.37. The summed E-state index contributed by atoms with van der Waals surface area (Å²) >= 11 is 2.93. The topological polar surface area (TPSA) is 132 Å². The van der Waals surface area contributed by atoms with E-state index in [1.165, 1.54) is 29.0 Å². The van der Waals surface area contributed by atoms with Gasteiger partial charge >= 0.3 is 12.1 Å². The van der Waals surface area contributed by atoms with Gasteiger partial charge in [-0.1, -0.05) is 29.8 Å². The second kappa shape index (κ2) is 13.9. The number of hydrogen-bond acceptors (Lipinski definition) is 7.